The largest absolute Gasteiger partial charge is 0.416 e. The molecule has 4 amide bonds. The quantitative estimate of drug-likeness (QED) is 0.437. The summed E-state index contributed by atoms with van der Waals surface area (Å²) in [6.07, 6.45) is -3.93. The van der Waals surface area contributed by atoms with Crippen molar-refractivity contribution in [2.24, 2.45) is 11.3 Å². The van der Waals surface area contributed by atoms with Crippen LogP contribution < -0.4 is 10.6 Å². The number of amides is 4. The molecule has 2 saturated heterocycles. The fourth-order valence-corrected chi connectivity index (χ4v) is 5.55. The van der Waals surface area contributed by atoms with Gasteiger partial charge in [0.25, 0.3) is 5.91 Å². The van der Waals surface area contributed by atoms with Gasteiger partial charge in [-0.1, -0.05) is 44.2 Å². The van der Waals surface area contributed by atoms with Crippen LogP contribution in [0.1, 0.15) is 60.5 Å². The molecule has 2 heterocycles. The van der Waals surface area contributed by atoms with Crippen LogP contribution in [0.15, 0.2) is 48.5 Å². The molecule has 208 valence electrons. The van der Waals surface area contributed by atoms with Crippen molar-refractivity contribution in [2.45, 2.75) is 51.2 Å². The number of imide groups is 1. The number of carbonyl (C=O) groups excluding carboxylic acids is 4. The number of hydrogen-bond acceptors (Lipinski definition) is 4. The van der Waals surface area contributed by atoms with Gasteiger partial charge < -0.3 is 10.2 Å². The number of hydrogen-bond donors (Lipinski definition) is 2. The minimum Gasteiger partial charge on any atom is -0.341 e. The number of halogens is 4. The molecule has 1 spiro atoms. The molecule has 2 fully saturated rings. The van der Waals surface area contributed by atoms with Crippen LogP contribution >= 0.6 is 0 Å². The monoisotopic (exact) mass is 547 g/mol. The molecule has 11 heteroatoms. The number of carbonyl (C=O) groups is 4. The van der Waals surface area contributed by atoms with E-state index in [1.165, 1.54) is 4.90 Å². The fourth-order valence-electron chi connectivity index (χ4n) is 5.55. The van der Waals surface area contributed by atoms with E-state index in [4.69, 9.17) is 0 Å². The third kappa shape index (κ3) is 5.81. The van der Waals surface area contributed by atoms with E-state index >= 15 is 0 Å². The number of nitrogens with zero attached hydrogens (tertiary/aromatic N) is 1. The molecular weight excluding hydrogens is 518 g/mol. The van der Waals surface area contributed by atoms with Crippen molar-refractivity contribution in [3.63, 3.8) is 0 Å². The standard InChI is InChI=1S/C28H29F4N3O4/c1-16(2)23(34-24(37)19-14-18(28(30,31)32)8-9-20(19)29)26(39)35-12-10-27(11-13-35)15-21(36)33-25(38)22(27)17-6-4-3-5-7-17/h3-9,14,16,22-23H,10-13,15H2,1-2H3,(H,34,37)(H,33,36,38)/t22?,23-/m1/s1. The molecule has 2 aliphatic heterocycles. The topological polar surface area (TPSA) is 95.6 Å². The first kappa shape index (κ1) is 28.3. The molecule has 1 unspecified atom stereocenters. The second-order valence-electron chi connectivity index (χ2n) is 10.5. The minimum absolute atomic E-state index is 0.125. The van der Waals surface area contributed by atoms with E-state index in [2.05, 4.69) is 10.6 Å². The summed E-state index contributed by atoms with van der Waals surface area (Å²) >= 11 is 0. The van der Waals surface area contributed by atoms with Gasteiger partial charge in [0, 0.05) is 19.5 Å². The maximum Gasteiger partial charge on any atom is 0.416 e. The normalized spacial score (nSPS) is 20.1. The van der Waals surface area contributed by atoms with E-state index in [0.29, 0.717) is 31.0 Å². The second-order valence-corrected chi connectivity index (χ2v) is 10.5. The zero-order chi connectivity index (χ0) is 28.5. The van der Waals surface area contributed by atoms with Crippen molar-refractivity contribution in [3.8, 4) is 0 Å². The first-order chi connectivity index (χ1) is 18.3. The van der Waals surface area contributed by atoms with Gasteiger partial charge in [0.1, 0.15) is 11.9 Å². The van der Waals surface area contributed by atoms with Gasteiger partial charge in [0.05, 0.1) is 17.0 Å². The summed E-state index contributed by atoms with van der Waals surface area (Å²) in [5.41, 5.74) is -1.90. The molecule has 0 aromatic heterocycles. The lowest BCUT2D eigenvalue weighted by molar-refractivity contribution is -0.144. The fraction of sp³-hybridized carbons (Fsp3) is 0.429. The van der Waals surface area contributed by atoms with Crippen LogP contribution in [0.5, 0.6) is 0 Å². The Balaban J connectivity index is 1.51. The van der Waals surface area contributed by atoms with E-state index in [-0.39, 0.29) is 31.3 Å². The Hall–Kier alpha value is -3.76. The predicted molar refractivity (Wildman–Crippen MR) is 133 cm³/mol. The molecule has 39 heavy (non-hydrogen) atoms. The molecule has 2 aliphatic rings. The maximum atomic E-state index is 14.3. The predicted octanol–water partition coefficient (Wildman–Crippen LogP) is 4.04. The van der Waals surface area contributed by atoms with Crippen LogP contribution in [0, 0.1) is 17.2 Å². The van der Waals surface area contributed by atoms with Crippen molar-refractivity contribution < 1.29 is 36.7 Å². The average Bonchev–Trinajstić information content (AvgIpc) is 2.86. The van der Waals surface area contributed by atoms with Crippen LogP contribution in [0.2, 0.25) is 0 Å². The Morgan fingerprint density at radius 1 is 1.05 bits per heavy atom. The number of nitrogens with one attached hydrogen (secondary N) is 2. The lowest BCUT2D eigenvalue weighted by Gasteiger charge is -2.48. The highest BCUT2D eigenvalue weighted by atomic mass is 19.4. The molecular formula is C28H29F4N3O4. The molecule has 7 nitrogen and oxygen atoms in total. The summed E-state index contributed by atoms with van der Waals surface area (Å²) < 4.78 is 53.6. The van der Waals surface area contributed by atoms with Gasteiger partial charge in [-0.25, -0.2) is 4.39 Å². The van der Waals surface area contributed by atoms with Crippen molar-refractivity contribution in [2.75, 3.05) is 13.1 Å². The molecule has 0 aliphatic carbocycles. The summed E-state index contributed by atoms with van der Waals surface area (Å²) in [6.45, 7) is 3.73. The van der Waals surface area contributed by atoms with Gasteiger partial charge in [-0.05, 0) is 47.9 Å². The summed E-state index contributed by atoms with van der Waals surface area (Å²) in [7, 11) is 0. The van der Waals surface area contributed by atoms with Crippen LogP contribution in [-0.2, 0) is 20.6 Å². The van der Waals surface area contributed by atoms with Gasteiger partial charge in [-0.15, -0.1) is 0 Å². The van der Waals surface area contributed by atoms with Gasteiger partial charge >= 0.3 is 6.18 Å². The SMILES string of the molecule is CC(C)[C@@H](NC(=O)c1cc(C(F)(F)F)ccc1F)C(=O)N1CCC2(CC1)CC(=O)NC(=O)C2c1ccccc1. The third-order valence-corrected chi connectivity index (χ3v) is 7.61. The van der Waals surface area contributed by atoms with Crippen molar-refractivity contribution in [1.29, 1.82) is 0 Å². The molecule has 0 bridgehead atoms. The van der Waals surface area contributed by atoms with Crippen molar-refractivity contribution in [1.82, 2.24) is 15.5 Å². The molecule has 2 atom stereocenters. The molecule has 0 saturated carbocycles. The van der Waals surface area contributed by atoms with Gasteiger partial charge in [-0.2, -0.15) is 13.2 Å². The summed E-state index contributed by atoms with van der Waals surface area (Å²) in [5, 5.41) is 4.83. The Labute approximate surface area is 222 Å². The zero-order valence-corrected chi connectivity index (χ0v) is 21.5. The lowest BCUT2D eigenvalue weighted by Crippen LogP contribution is -2.58. The number of benzene rings is 2. The van der Waals surface area contributed by atoms with Crippen LogP contribution in [0.4, 0.5) is 17.6 Å². The van der Waals surface area contributed by atoms with Gasteiger partial charge in [0.15, 0.2) is 0 Å². The third-order valence-electron chi connectivity index (χ3n) is 7.61. The summed E-state index contributed by atoms with van der Waals surface area (Å²) in [4.78, 5) is 53.0. The average molecular weight is 548 g/mol. The molecule has 2 aromatic rings. The Morgan fingerprint density at radius 2 is 1.69 bits per heavy atom. The number of likely N-dealkylation sites (tertiary alicyclic amines) is 1. The summed E-state index contributed by atoms with van der Waals surface area (Å²) in [5.74, 6) is -4.51. The zero-order valence-electron chi connectivity index (χ0n) is 21.5. The molecule has 0 radical (unpaired) electrons. The van der Waals surface area contributed by atoms with E-state index in [1.54, 1.807) is 13.8 Å². The van der Waals surface area contributed by atoms with Crippen LogP contribution in [0.25, 0.3) is 0 Å². The van der Waals surface area contributed by atoms with Crippen LogP contribution in [-0.4, -0.2) is 47.7 Å². The van der Waals surface area contributed by atoms with Crippen LogP contribution in [0.3, 0.4) is 0 Å². The number of alkyl halides is 3. The lowest BCUT2D eigenvalue weighted by atomic mass is 9.62. The first-order valence-corrected chi connectivity index (χ1v) is 12.7. The molecule has 2 aromatic carbocycles. The number of rotatable bonds is 5. The number of piperidine rings is 2. The first-order valence-electron chi connectivity index (χ1n) is 12.7. The summed E-state index contributed by atoms with van der Waals surface area (Å²) in [6, 6.07) is 9.53. The van der Waals surface area contributed by atoms with E-state index in [0.717, 1.165) is 5.56 Å². The molecule has 2 N–H and O–H groups in total. The van der Waals surface area contributed by atoms with Crippen molar-refractivity contribution in [3.05, 3.63) is 71.0 Å². The van der Waals surface area contributed by atoms with E-state index in [1.807, 2.05) is 30.3 Å². The Morgan fingerprint density at radius 3 is 2.28 bits per heavy atom. The minimum atomic E-state index is -4.77. The van der Waals surface area contributed by atoms with E-state index < -0.39 is 58.2 Å². The Bertz CT molecular complexity index is 1270. The smallest absolute Gasteiger partial charge is 0.341 e. The van der Waals surface area contributed by atoms with Crippen molar-refractivity contribution >= 4 is 23.6 Å². The Kier molecular flexibility index (Phi) is 7.81. The highest BCUT2D eigenvalue weighted by molar-refractivity contribution is 6.02. The highest BCUT2D eigenvalue weighted by Crippen LogP contribution is 2.49. The molecule has 4 rings (SSSR count). The second kappa shape index (κ2) is 10.8. The maximum absolute atomic E-state index is 14.3. The van der Waals surface area contributed by atoms with Gasteiger partial charge in [-0.3, -0.25) is 24.5 Å². The van der Waals surface area contributed by atoms with E-state index in [9.17, 15) is 36.7 Å². The van der Waals surface area contributed by atoms with Gasteiger partial charge in [0.2, 0.25) is 17.7 Å². The highest BCUT2D eigenvalue weighted by Gasteiger charge is 2.51.